The highest BCUT2D eigenvalue weighted by atomic mass is 19.1. The predicted molar refractivity (Wildman–Crippen MR) is 77.1 cm³/mol. The Kier molecular flexibility index (Phi) is 5.95. The van der Waals surface area contributed by atoms with Gasteiger partial charge in [0.1, 0.15) is 0 Å². The maximum absolute atomic E-state index is 13.7. The normalized spacial score (nSPS) is 13.8. The van der Waals surface area contributed by atoms with Crippen molar-refractivity contribution in [2.24, 2.45) is 5.73 Å². The number of hydrogen-bond donors (Lipinski definition) is 2. The highest BCUT2D eigenvalue weighted by Gasteiger charge is 2.27. The van der Waals surface area contributed by atoms with Crippen LogP contribution in [0.1, 0.15) is 31.7 Å². The first-order chi connectivity index (χ1) is 9.40. The zero-order valence-electron chi connectivity index (χ0n) is 12.3. The Morgan fingerprint density at radius 1 is 1.45 bits per heavy atom. The van der Waals surface area contributed by atoms with Gasteiger partial charge in [-0.25, -0.2) is 4.39 Å². The minimum atomic E-state index is -0.700. The second-order valence-corrected chi connectivity index (χ2v) is 5.14. The molecule has 1 aromatic carbocycles. The Morgan fingerprint density at radius 2 is 2.15 bits per heavy atom. The molecule has 0 aliphatic rings. The van der Waals surface area contributed by atoms with Crippen LogP contribution in [0.2, 0.25) is 0 Å². The van der Waals surface area contributed by atoms with Crippen LogP contribution in [0.25, 0.3) is 0 Å². The number of unbranched alkanes of at least 4 members (excludes halogenated alkanes) is 1. The fraction of sp³-hybridized carbons (Fsp3) is 0.533. The Balaban J connectivity index is 2.36. The lowest BCUT2D eigenvalue weighted by molar-refractivity contribution is -0.123. The van der Waals surface area contributed by atoms with Gasteiger partial charge < -0.3 is 15.8 Å². The predicted octanol–water partition coefficient (Wildman–Crippen LogP) is 2.15. The lowest BCUT2D eigenvalue weighted by Gasteiger charge is -2.25. The van der Waals surface area contributed by atoms with Crippen LogP contribution in [0.3, 0.4) is 0 Å². The fourth-order valence-electron chi connectivity index (χ4n) is 1.87. The molecule has 0 aliphatic carbocycles. The molecule has 0 fully saturated rings. The van der Waals surface area contributed by atoms with Gasteiger partial charge in [0, 0.05) is 0 Å². The molecule has 112 valence electrons. The first-order valence-electron chi connectivity index (χ1n) is 6.77. The minimum absolute atomic E-state index is 0.274. The molecule has 1 amide bonds. The summed E-state index contributed by atoms with van der Waals surface area (Å²) in [5, 5.41) is 2.93. The Bertz CT molecular complexity index is 465. The summed E-state index contributed by atoms with van der Waals surface area (Å²) in [6.45, 7) is 3.89. The standard InChI is InChI=1S/C15H23FN2O2/c1-11-7-6-8-12(13(11)16)20-10-5-4-9-15(2,18-3)14(17)19/h6-8,18H,4-5,9-10H2,1-3H3,(H2,17,19). The second-order valence-electron chi connectivity index (χ2n) is 5.14. The third-order valence-electron chi connectivity index (χ3n) is 3.58. The molecular formula is C15H23FN2O2. The summed E-state index contributed by atoms with van der Waals surface area (Å²) in [5.41, 5.74) is 5.21. The minimum Gasteiger partial charge on any atom is -0.491 e. The Morgan fingerprint density at radius 3 is 2.75 bits per heavy atom. The number of amides is 1. The number of halogens is 1. The van der Waals surface area contributed by atoms with Crippen molar-refractivity contribution in [2.75, 3.05) is 13.7 Å². The number of carbonyl (C=O) groups excluding carboxylic acids is 1. The smallest absolute Gasteiger partial charge is 0.237 e. The summed E-state index contributed by atoms with van der Waals surface area (Å²) in [5.74, 6) is -0.411. The van der Waals surface area contributed by atoms with E-state index >= 15 is 0 Å². The van der Waals surface area contributed by atoms with Crippen molar-refractivity contribution in [2.45, 2.75) is 38.6 Å². The number of nitrogens with two attached hydrogens (primary N) is 1. The third-order valence-corrected chi connectivity index (χ3v) is 3.58. The van der Waals surface area contributed by atoms with E-state index in [1.54, 1.807) is 39.1 Å². The molecule has 0 aliphatic heterocycles. The number of nitrogens with one attached hydrogen (secondary N) is 1. The summed E-state index contributed by atoms with van der Waals surface area (Å²) >= 11 is 0. The van der Waals surface area contributed by atoms with E-state index in [4.69, 9.17) is 10.5 Å². The molecule has 0 heterocycles. The first-order valence-corrected chi connectivity index (χ1v) is 6.77. The Labute approximate surface area is 119 Å². The largest absolute Gasteiger partial charge is 0.491 e. The summed E-state index contributed by atoms with van der Waals surface area (Å²) < 4.78 is 19.1. The van der Waals surface area contributed by atoms with E-state index in [1.165, 1.54) is 0 Å². The molecular weight excluding hydrogens is 259 g/mol. The maximum atomic E-state index is 13.7. The van der Waals surface area contributed by atoms with Crippen molar-refractivity contribution < 1.29 is 13.9 Å². The van der Waals surface area contributed by atoms with Gasteiger partial charge >= 0.3 is 0 Å². The topological polar surface area (TPSA) is 64.3 Å². The molecule has 4 nitrogen and oxygen atoms in total. The fourth-order valence-corrected chi connectivity index (χ4v) is 1.87. The van der Waals surface area contributed by atoms with Gasteiger partial charge in [-0.15, -0.1) is 0 Å². The van der Waals surface area contributed by atoms with Crippen molar-refractivity contribution in [3.05, 3.63) is 29.6 Å². The number of ether oxygens (including phenoxy) is 1. The number of primary amides is 1. The summed E-state index contributed by atoms with van der Waals surface area (Å²) in [6, 6.07) is 5.08. The first kappa shape index (κ1) is 16.4. The molecule has 20 heavy (non-hydrogen) atoms. The van der Waals surface area contributed by atoms with E-state index in [0.717, 1.165) is 12.8 Å². The summed E-state index contributed by atoms with van der Waals surface area (Å²) in [7, 11) is 1.71. The molecule has 1 rings (SSSR count). The van der Waals surface area contributed by atoms with Gasteiger partial charge in [0.25, 0.3) is 0 Å². The van der Waals surface area contributed by atoms with Crippen molar-refractivity contribution in [1.82, 2.24) is 5.32 Å². The molecule has 0 bridgehead atoms. The van der Waals surface area contributed by atoms with Gasteiger partial charge in [-0.05, 0) is 51.8 Å². The van der Waals surface area contributed by atoms with E-state index < -0.39 is 5.54 Å². The molecule has 0 radical (unpaired) electrons. The molecule has 1 aromatic rings. The number of likely N-dealkylation sites (N-methyl/N-ethyl adjacent to an activating group) is 1. The molecule has 1 atom stereocenters. The molecule has 0 aromatic heterocycles. The van der Waals surface area contributed by atoms with Gasteiger partial charge in [-0.1, -0.05) is 12.1 Å². The van der Waals surface area contributed by atoms with Crippen LogP contribution in [0.5, 0.6) is 5.75 Å². The molecule has 5 heteroatoms. The van der Waals surface area contributed by atoms with Crippen molar-refractivity contribution in [3.8, 4) is 5.75 Å². The van der Waals surface area contributed by atoms with Crippen LogP contribution < -0.4 is 15.8 Å². The van der Waals surface area contributed by atoms with Gasteiger partial charge in [0.2, 0.25) is 5.91 Å². The third kappa shape index (κ3) is 4.20. The monoisotopic (exact) mass is 282 g/mol. The van der Waals surface area contributed by atoms with E-state index in [0.29, 0.717) is 18.6 Å². The Hall–Kier alpha value is -1.62. The van der Waals surface area contributed by atoms with Gasteiger partial charge in [0.05, 0.1) is 12.1 Å². The zero-order valence-corrected chi connectivity index (χ0v) is 12.3. The van der Waals surface area contributed by atoms with Crippen LogP contribution in [-0.4, -0.2) is 25.1 Å². The van der Waals surface area contributed by atoms with Gasteiger partial charge in [0.15, 0.2) is 11.6 Å². The SMILES string of the molecule is CNC(C)(CCCCOc1cccc(C)c1F)C(N)=O. The summed E-state index contributed by atoms with van der Waals surface area (Å²) in [4.78, 5) is 11.3. The lowest BCUT2D eigenvalue weighted by Crippen LogP contribution is -2.51. The highest BCUT2D eigenvalue weighted by molar-refractivity contribution is 5.84. The summed E-state index contributed by atoms with van der Waals surface area (Å²) in [6.07, 6.45) is 2.13. The van der Waals surface area contributed by atoms with E-state index in [9.17, 15) is 9.18 Å². The maximum Gasteiger partial charge on any atom is 0.237 e. The number of carbonyl (C=O) groups is 1. The van der Waals surface area contributed by atoms with Gasteiger partial charge in [-0.3, -0.25) is 4.79 Å². The molecule has 3 N–H and O–H groups in total. The lowest BCUT2D eigenvalue weighted by atomic mass is 9.94. The van der Waals surface area contributed by atoms with Crippen LogP contribution in [0, 0.1) is 12.7 Å². The zero-order chi connectivity index (χ0) is 15.2. The number of aryl methyl sites for hydroxylation is 1. The van der Waals surface area contributed by atoms with Crippen LogP contribution >= 0.6 is 0 Å². The van der Waals surface area contributed by atoms with Crippen molar-refractivity contribution >= 4 is 5.91 Å². The van der Waals surface area contributed by atoms with E-state index in [-0.39, 0.29) is 17.5 Å². The van der Waals surface area contributed by atoms with Crippen LogP contribution in [-0.2, 0) is 4.79 Å². The molecule has 0 saturated carbocycles. The van der Waals surface area contributed by atoms with Crippen molar-refractivity contribution in [1.29, 1.82) is 0 Å². The molecule has 0 saturated heterocycles. The quantitative estimate of drug-likeness (QED) is 0.718. The van der Waals surface area contributed by atoms with Crippen LogP contribution in [0.15, 0.2) is 18.2 Å². The number of hydrogen-bond acceptors (Lipinski definition) is 3. The average molecular weight is 282 g/mol. The second kappa shape index (κ2) is 7.24. The number of benzene rings is 1. The highest BCUT2D eigenvalue weighted by Crippen LogP contribution is 2.20. The molecule has 0 spiro atoms. The van der Waals surface area contributed by atoms with Gasteiger partial charge in [-0.2, -0.15) is 0 Å². The van der Waals surface area contributed by atoms with E-state index in [1.807, 2.05) is 0 Å². The average Bonchev–Trinajstić information content (AvgIpc) is 2.42. The van der Waals surface area contributed by atoms with Crippen molar-refractivity contribution in [3.63, 3.8) is 0 Å². The number of rotatable bonds is 8. The molecule has 1 unspecified atom stereocenters. The van der Waals surface area contributed by atoms with Crippen LogP contribution in [0.4, 0.5) is 4.39 Å². The van der Waals surface area contributed by atoms with E-state index in [2.05, 4.69) is 5.32 Å².